The second kappa shape index (κ2) is 5.44. The molecule has 2 fully saturated rings. The van der Waals surface area contributed by atoms with Crippen molar-refractivity contribution >= 4 is 11.7 Å². The maximum absolute atomic E-state index is 12.2. The SMILES string of the molecule is Cc1ccccc1NC(=O)NC1C2CCC(C2)C1CO. The highest BCUT2D eigenvalue weighted by atomic mass is 16.3. The normalized spacial score (nSPS) is 31.3. The number of amides is 2. The van der Waals surface area contributed by atoms with Gasteiger partial charge in [0.25, 0.3) is 0 Å². The molecule has 0 saturated heterocycles. The lowest BCUT2D eigenvalue weighted by molar-refractivity contribution is 0.146. The fraction of sp³-hybridized carbons (Fsp3) is 0.562. The zero-order chi connectivity index (χ0) is 14.1. The van der Waals surface area contributed by atoms with Gasteiger partial charge in [-0.1, -0.05) is 18.2 Å². The Morgan fingerprint density at radius 3 is 2.80 bits per heavy atom. The number of aliphatic hydroxyl groups excluding tert-OH is 1. The molecular weight excluding hydrogens is 252 g/mol. The largest absolute Gasteiger partial charge is 0.396 e. The Kier molecular flexibility index (Phi) is 3.66. The summed E-state index contributed by atoms with van der Waals surface area (Å²) >= 11 is 0. The van der Waals surface area contributed by atoms with Crippen molar-refractivity contribution in [1.82, 2.24) is 5.32 Å². The molecule has 2 bridgehead atoms. The number of rotatable bonds is 3. The highest BCUT2D eigenvalue weighted by Crippen LogP contribution is 2.48. The van der Waals surface area contributed by atoms with Gasteiger partial charge >= 0.3 is 6.03 Å². The zero-order valence-electron chi connectivity index (χ0n) is 11.8. The molecule has 4 heteroatoms. The van der Waals surface area contributed by atoms with E-state index in [1.54, 1.807) is 0 Å². The molecule has 2 aliphatic rings. The van der Waals surface area contributed by atoms with Gasteiger partial charge < -0.3 is 15.7 Å². The van der Waals surface area contributed by atoms with Crippen molar-refractivity contribution in [3.63, 3.8) is 0 Å². The van der Waals surface area contributed by atoms with Crippen LogP contribution in [0.3, 0.4) is 0 Å². The summed E-state index contributed by atoms with van der Waals surface area (Å²) in [5, 5.41) is 15.5. The van der Waals surface area contributed by atoms with Crippen molar-refractivity contribution in [2.45, 2.75) is 32.2 Å². The second-order valence-electron chi connectivity index (χ2n) is 6.12. The number of hydrogen-bond donors (Lipinski definition) is 3. The molecule has 0 aromatic heterocycles. The average Bonchev–Trinajstić information content (AvgIpc) is 3.02. The van der Waals surface area contributed by atoms with Gasteiger partial charge in [-0.2, -0.15) is 0 Å². The summed E-state index contributed by atoms with van der Waals surface area (Å²) in [6.45, 7) is 2.15. The van der Waals surface area contributed by atoms with E-state index in [9.17, 15) is 9.90 Å². The zero-order valence-corrected chi connectivity index (χ0v) is 11.8. The maximum Gasteiger partial charge on any atom is 0.319 e. The summed E-state index contributed by atoms with van der Waals surface area (Å²) < 4.78 is 0. The minimum atomic E-state index is -0.157. The van der Waals surface area contributed by atoms with Gasteiger partial charge in [0.15, 0.2) is 0 Å². The average molecular weight is 274 g/mol. The predicted octanol–water partition coefficient (Wildman–Crippen LogP) is 2.52. The van der Waals surface area contributed by atoms with Crippen LogP contribution in [0.4, 0.5) is 10.5 Å². The van der Waals surface area contributed by atoms with Gasteiger partial charge in [0.2, 0.25) is 0 Å². The molecule has 4 unspecified atom stereocenters. The van der Waals surface area contributed by atoms with Crippen molar-refractivity contribution in [3.05, 3.63) is 29.8 Å². The first kappa shape index (κ1) is 13.4. The fourth-order valence-electron chi connectivity index (χ4n) is 3.92. The summed E-state index contributed by atoms with van der Waals surface area (Å²) in [6.07, 6.45) is 3.53. The molecule has 1 aromatic carbocycles. The molecule has 20 heavy (non-hydrogen) atoms. The Morgan fingerprint density at radius 1 is 1.30 bits per heavy atom. The van der Waals surface area contributed by atoms with Crippen molar-refractivity contribution in [3.8, 4) is 0 Å². The number of anilines is 1. The van der Waals surface area contributed by atoms with Gasteiger partial charge in [-0.15, -0.1) is 0 Å². The van der Waals surface area contributed by atoms with E-state index < -0.39 is 0 Å². The number of hydrogen-bond acceptors (Lipinski definition) is 2. The lowest BCUT2D eigenvalue weighted by atomic mass is 9.85. The standard InChI is InChI=1S/C16H22N2O2/c1-10-4-2-3-5-14(10)17-16(20)18-15-12-7-6-11(8-12)13(15)9-19/h2-5,11-13,15,19H,6-9H2,1H3,(H2,17,18,20). The summed E-state index contributed by atoms with van der Waals surface area (Å²) in [5.74, 6) is 1.37. The van der Waals surface area contributed by atoms with Crippen LogP contribution in [0.25, 0.3) is 0 Å². The molecule has 2 amide bonds. The van der Waals surface area contributed by atoms with E-state index in [4.69, 9.17) is 0 Å². The van der Waals surface area contributed by atoms with Crippen molar-refractivity contribution < 1.29 is 9.90 Å². The van der Waals surface area contributed by atoms with Crippen LogP contribution in [0.2, 0.25) is 0 Å². The van der Waals surface area contributed by atoms with Gasteiger partial charge in [-0.05, 0) is 49.7 Å². The first-order valence-electron chi connectivity index (χ1n) is 7.43. The number of carbonyl (C=O) groups excluding carboxylic acids is 1. The topological polar surface area (TPSA) is 61.4 Å². The molecule has 1 aromatic rings. The quantitative estimate of drug-likeness (QED) is 0.793. The van der Waals surface area contributed by atoms with E-state index in [2.05, 4.69) is 10.6 Å². The van der Waals surface area contributed by atoms with Crippen LogP contribution in [0.1, 0.15) is 24.8 Å². The fourth-order valence-corrected chi connectivity index (χ4v) is 3.92. The van der Waals surface area contributed by atoms with E-state index in [0.717, 1.165) is 17.7 Å². The van der Waals surface area contributed by atoms with Gasteiger partial charge in [0, 0.05) is 24.3 Å². The predicted molar refractivity (Wildman–Crippen MR) is 78.5 cm³/mol. The molecule has 4 atom stereocenters. The molecule has 0 heterocycles. The lowest BCUT2D eigenvalue weighted by Crippen LogP contribution is -2.46. The van der Waals surface area contributed by atoms with Crippen LogP contribution in [0.5, 0.6) is 0 Å². The summed E-state index contributed by atoms with van der Waals surface area (Å²) in [6, 6.07) is 7.72. The van der Waals surface area contributed by atoms with Crippen molar-refractivity contribution in [2.75, 3.05) is 11.9 Å². The molecule has 0 radical (unpaired) electrons. The van der Waals surface area contributed by atoms with Gasteiger partial charge in [-0.3, -0.25) is 0 Å². The number of nitrogens with one attached hydrogen (secondary N) is 2. The molecule has 2 saturated carbocycles. The summed E-state index contributed by atoms with van der Waals surface area (Å²) in [7, 11) is 0. The van der Waals surface area contributed by atoms with E-state index in [-0.39, 0.29) is 24.6 Å². The molecule has 0 aliphatic heterocycles. The van der Waals surface area contributed by atoms with Crippen molar-refractivity contribution in [1.29, 1.82) is 0 Å². The third-order valence-electron chi connectivity index (χ3n) is 4.99. The van der Waals surface area contributed by atoms with Crippen LogP contribution in [0.15, 0.2) is 24.3 Å². The summed E-state index contributed by atoms with van der Waals surface area (Å²) in [5.41, 5.74) is 1.89. The number of aryl methyl sites for hydroxylation is 1. The van der Waals surface area contributed by atoms with Gasteiger partial charge in [0.1, 0.15) is 0 Å². The van der Waals surface area contributed by atoms with E-state index in [1.165, 1.54) is 12.8 Å². The second-order valence-corrected chi connectivity index (χ2v) is 6.12. The molecule has 4 nitrogen and oxygen atoms in total. The number of carbonyl (C=O) groups is 1. The van der Waals surface area contributed by atoms with Crippen molar-refractivity contribution in [2.24, 2.45) is 17.8 Å². The Bertz CT molecular complexity index is 503. The Hall–Kier alpha value is -1.55. The molecular formula is C16H22N2O2. The Morgan fingerprint density at radius 2 is 2.05 bits per heavy atom. The molecule has 3 N–H and O–H groups in total. The Labute approximate surface area is 119 Å². The monoisotopic (exact) mass is 274 g/mol. The first-order chi connectivity index (χ1) is 9.69. The molecule has 3 rings (SSSR count). The number of fused-ring (bicyclic) bond motifs is 2. The number of para-hydroxylation sites is 1. The number of urea groups is 1. The number of benzene rings is 1. The first-order valence-corrected chi connectivity index (χ1v) is 7.43. The maximum atomic E-state index is 12.2. The summed E-state index contributed by atoms with van der Waals surface area (Å²) in [4.78, 5) is 12.2. The molecule has 0 spiro atoms. The van der Waals surface area contributed by atoms with E-state index in [1.807, 2.05) is 31.2 Å². The molecule has 2 aliphatic carbocycles. The lowest BCUT2D eigenvalue weighted by Gasteiger charge is -2.30. The third-order valence-corrected chi connectivity index (χ3v) is 4.99. The Balaban J connectivity index is 1.63. The van der Waals surface area contributed by atoms with Crippen LogP contribution < -0.4 is 10.6 Å². The van der Waals surface area contributed by atoms with Gasteiger partial charge in [-0.25, -0.2) is 4.79 Å². The third kappa shape index (κ3) is 2.40. The molecule has 108 valence electrons. The van der Waals surface area contributed by atoms with E-state index >= 15 is 0 Å². The minimum Gasteiger partial charge on any atom is -0.396 e. The van der Waals surface area contributed by atoms with Crippen LogP contribution in [-0.2, 0) is 0 Å². The highest BCUT2D eigenvalue weighted by Gasteiger charge is 2.47. The smallest absolute Gasteiger partial charge is 0.319 e. The number of aliphatic hydroxyl groups is 1. The van der Waals surface area contributed by atoms with Crippen LogP contribution in [0, 0.1) is 24.7 Å². The van der Waals surface area contributed by atoms with Crippen LogP contribution >= 0.6 is 0 Å². The van der Waals surface area contributed by atoms with Crippen LogP contribution in [-0.4, -0.2) is 23.8 Å². The van der Waals surface area contributed by atoms with E-state index in [0.29, 0.717) is 11.8 Å². The van der Waals surface area contributed by atoms with Gasteiger partial charge in [0.05, 0.1) is 0 Å². The highest BCUT2D eigenvalue weighted by molar-refractivity contribution is 5.90. The minimum absolute atomic E-state index is 0.128.